The topological polar surface area (TPSA) is 50.8 Å². The molecule has 0 saturated heterocycles. The molecule has 0 spiro atoms. The summed E-state index contributed by atoms with van der Waals surface area (Å²) in [7, 11) is 1.52. The summed E-state index contributed by atoms with van der Waals surface area (Å²) in [5, 5.41) is 12.9. The van der Waals surface area contributed by atoms with Gasteiger partial charge in [0.1, 0.15) is 12.3 Å². The molecule has 2 aromatic rings. The Morgan fingerprint density at radius 2 is 2.26 bits per heavy atom. The number of hydrogen-bond acceptors (Lipinski definition) is 3. The molecule has 2 rings (SSSR count). The van der Waals surface area contributed by atoms with E-state index in [1.54, 1.807) is 18.2 Å². The monoisotopic (exact) mass is 263 g/mol. The van der Waals surface area contributed by atoms with E-state index in [2.05, 4.69) is 11.2 Å². The van der Waals surface area contributed by atoms with E-state index in [0.717, 1.165) is 4.68 Å². The molecule has 19 heavy (non-hydrogen) atoms. The van der Waals surface area contributed by atoms with E-state index in [0.29, 0.717) is 22.4 Å². The van der Waals surface area contributed by atoms with Gasteiger partial charge in [0, 0.05) is 17.3 Å². The number of benzene rings is 1. The van der Waals surface area contributed by atoms with Crippen molar-refractivity contribution in [3.8, 4) is 22.9 Å². The third-order valence-electron chi connectivity index (χ3n) is 2.62. The van der Waals surface area contributed by atoms with Crippen LogP contribution in [0.1, 0.15) is 5.56 Å². The van der Waals surface area contributed by atoms with E-state index in [9.17, 15) is 8.78 Å². The average Bonchev–Trinajstić information content (AvgIpc) is 2.85. The van der Waals surface area contributed by atoms with Gasteiger partial charge in [0.25, 0.3) is 6.43 Å². The third kappa shape index (κ3) is 2.88. The van der Waals surface area contributed by atoms with Crippen LogP contribution < -0.4 is 4.74 Å². The van der Waals surface area contributed by atoms with Gasteiger partial charge in [-0.2, -0.15) is 10.4 Å². The molecule has 0 amide bonds. The van der Waals surface area contributed by atoms with Crippen LogP contribution in [0.2, 0.25) is 0 Å². The summed E-state index contributed by atoms with van der Waals surface area (Å²) in [6.07, 6.45) is 0.480. The Hall–Kier alpha value is -2.42. The molecule has 0 N–H and O–H groups in total. The maximum atomic E-state index is 12.3. The molecule has 0 unspecified atom stereocenters. The first kappa shape index (κ1) is 13.0. The average molecular weight is 263 g/mol. The SMILES string of the molecule is COc1ccc(C#N)c(-c2cnn(CC(F)F)c2)c1. The van der Waals surface area contributed by atoms with Crippen molar-refractivity contribution in [2.45, 2.75) is 13.0 Å². The molecular formula is C13H11F2N3O. The number of nitrogens with zero attached hydrogens (tertiary/aromatic N) is 3. The van der Waals surface area contributed by atoms with Crippen LogP contribution in [-0.2, 0) is 6.54 Å². The molecule has 1 aromatic carbocycles. The minimum absolute atomic E-state index is 0.442. The molecule has 0 aliphatic rings. The first-order chi connectivity index (χ1) is 9.13. The molecule has 0 radical (unpaired) electrons. The molecule has 0 atom stereocenters. The van der Waals surface area contributed by atoms with E-state index in [-0.39, 0.29) is 0 Å². The lowest BCUT2D eigenvalue weighted by atomic mass is 10.0. The van der Waals surface area contributed by atoms with Crippen LogP contribution in [0.15, 0.2) is 30.6 Å². The van der Waals surface area contributed by atoms with Gasteiger partial charge in [-0.1, -0.05) is 0 Å². The van der Waals surface area contributed by atoms with Crippen LogP contribution in [0.4, 0.5) is 8.78 Å². The van der Waals surface area contributed by atoms with E-state index < -0.39 is 13.0 Å². The number of rotatable bonds is 4. The van der Waals surface area contributed by atoms with Gasteiger partial charge in [0.2, 0.25) is 0 Å². The van der Waals surface area contributed by atoms with Gasteiger partial charge in [0.15, 0.2) is 0 Å². The number of halogens is 2. The normalized spacial score (nSPS) is 10.5. The van der Waals surface area contributed by atoms with Crippen molar-refractivity contribution in [3.63, 3.8) is 0 Å². The number of ether oxygens (including phenoxy) is 1. The summed E-state index contributed by atoms with van der Waals surface area (Å²) in [4.78, 5) is 0. The smallest absolute Gasteiger partial charge is 0.257 e. The van der Waals surface area contributed by atoms with E-state index in [1.807, 2.05) is 0 Å². The van der Waals surface area contributed by atoms with E-state index in [4.69, 9.17) is 10.00 Å². The molecule has 1 aromatic heterocycles. The minimum atomic E-state index is -2.46. The molecule has 4 nitrogen and oxygen atoms in total. The van der Waals surface area contributed by atoms with Crippen LogP contribution in [0.3, 0.4) is 0 Å². The number of hydrogen-bond donors (Lipinski definition) is 0. The Morgan fingerprint density at radius 1 is 1.47 bits per heavy atom. The van der Waals surface area contributed by atoms with Gasteiger partial charge in [-0.15, -0.1) is 0 Å². The molecule has 0 bridgehead atoms. The highest BCUT2D eigenvalue weighted by Gasteiger charge is 2.11. The second-order valence-electron chi connectivity index (χ2n) is 3.87. The second-order valence-corrected chi connectivity index (χ2v) is 3.87. The highest BCUT2D eigenvalue weighted by molar-refractivity contribution is 5.71. The molecule has 1 heterocycles. The summed E-state index contributed by atoms with van der Waals surface area (Å²) >= 11 is 0. The quantitative estimate of drug-likeness (QED) is 0.852. The van der Waals surface area contributed by atoms with Crippen molar-refractivity contribution in [2.75, 3.05) is 7.11 Å². The molecule has 0 aliphatic carbocycles. The lowest BCUT2D eigenvalue weighted by molar-refractivity contribution is 0.122. The lowest BCUT2D eigenvalue weighted by Gasteiger charge is -2.04. The van der Waals surface area contributed by atoms with Crippen molar-refractivity contribution >= 4 is 0 Å². The number of alkyl halides is 2. The predicted molar refractivity (Wildman–Crippen MR) is 64.9 cm³/mol. The van der Waals surface area contributed by atoms with Gasteiger partial charge in [-0.25, -0.2) is 8.78 Å². The molecule has 0 saturated carbocycles. The lowest BCUT2D eigenvalue weighted by Crippen LogP contribution is -2.06. The standard InChI is InChI=1S/C13H11F2N3O/c1-19-11-3-2-9(5-16)12(4-11)10-6-17-18(7-10)8-13(14)15/h2-4,6-7,13H,8H2,1H3. The zero-order valence-electron chi connectivity index (χ0n) is 10.2. The second kappa shape index (κ2) is 5.48. The first-order valence-corrected chi connectivity index (χ1v) is 5.53. The number of aromatic nitrogens is 2. The molecular weight excluding hydrogens is 252 g/mol. The van der Waals surface area contributed by atoms with Gasteiger partial charge < -0.3 is 4.74 Å². The Balaban J connectivity index is 2.40. The van der Waals surface area contributed by atoms with Gasteiger partial charge in [-0.3, -0.25) is 4.68 Å². The van der Waals surface area contributed by atoms with Gasteiger partial charge in [-0.05, 0) is 18.2 Å². The molecule has 6 heteroatoms. The zero-order chi connectivity index (χ0) is 13.8. The zero-order valence-corrected chi connectivity index (χ0v) is 10.2. The summed E-state index contributed by atoms with van der Waals surface area (Å²) < 4.78 is 30.8. The van der Waals surface area contributed by atoms with Crippen LogP contribution in [0.25, 0.3) is 11.1 Å². The fourth-order valence-corrected chi connectivity index (χ4v) is 1.73. The van der Waals surface area contributed by atoms with Crippen molar-refractivity contribution in [2.24, 2.45) is 0 Å². The fraction of sp³-hybridized carbons (Fsp3) is 0.231. The predicted octanol–water partition coefficient (Wildman–Crippen LogP) is 2.70. The van der Waals surface area contributed by atoms with Crippen LogP contribution in [0.5, 0.6) is 5.75 Å². The Morgan fingerprint density at radius 3 is 2.89 bits per heavy atom. The highest BCUT2D eigenvalue weighted by Crippen LogP contribution is 2.27. The van der Waals surface area contributed by atoms with Crippen molar-refractivity contribution in [3.05, 3.63) is 36.2 Å². The van der Waals surface area contributed by atoms with Crippen molar-refractivity contribution in [1.82, 2.24) is 9.78 Å². The van der Waals surface area contributed by atoms with Crippen LogP contribution in [-0.4, -0.2) is 23.3 Å². The highest BCUT2D eigenvalue weighted by atomic mass is 19.3. The maximum absolute atomic E-state index is 12.3. The first-order valence-electron chi connectivity index (χ1n) is 5.53. The van der Waals surface area contributed by atoms with Crippen LogP contribution >= 0.6 is 0 Å². The Kier molecular flexibility index (Phi) is 3.76. The summed E-state index contributed by atoms with van der Waals surface area (Å²) in [6.45, 7) is -0.466. The van der Waals surface area contributed by atoms with E-state index in [1.165, 1.54) is 19.5 Å². The summed E-state index contributed by atoms with van der Waals surface area (Å²) in [5.74, 6) is 0.593. The molecule has 0 fully saturated rings. The maximum Gasteiger partial charge on any atom is 0.257 e. The van der Waals surface area contributed by atoms with Crippen molar-refractivity contribution in [1.29, 1.82) is 5.26 Å². The minimum Gasteiger partial charge on any atom is -0.497 e. The van der Waals surface area contributed by atoms with E-state index >= 15 is 0 Å². The Bertz CT molecular complexity index is 617. The van der Waals surface area contributed by atoms with Crippen molar-refractivity contribution < 1.29 is 13.5 Å². The molecule has 0 aliphatic heterocycles. The third-order valence-corrected chi connectivity index (χ3v) is 2.62. The number of methoxy groups -OCH3 is 1. The summed E-state index contributed by atoms with van der Waals surface area (Å²) in [5.41, 5.74) is 1.66. The number of nitriles is 1. The van der Waals surface area contributed by atoms with Gasteiger partial charge >= 0.3 is 0 Å². The van der Waals surface area contributed by atoms with Gasteiger partial charge in [0.05, 0.1) is 24.9 Å². The fourth-order valence-electron chi connectivity index (χ4n) is 1.73. The largest absolute Gasteiger partial charge is 0.497 e. The Labute approximate surface area is 108 Å². The van der Waals surface area contributed by atoms with Crippen LogP contribution in [0, 0.1) is 11.3 Å². The molecule has 98 valence electrons. The summed E-state index contributed by atoms with van der Waals surface area (Å²) in [6, 6.07) is 7.03.